The third-order valence-electron chi connectivity index (χ3n) is 5.41. The minimum Gasteiger partial charge on any atom is -0.308 e. The molecule has 2 heterocycles. The highest BCUT2D eigenvalue weighted by Gasteiger charge is 2.54. The first-order valence-electron chi connectivity index (χ1n) is 9.67. The number of hydrogen-bond acceptors (Lipinski definition) is 4. The zero-order valence-corrected chi connectivity index (χ0v) is 17.1. The summed E-state index contributed by atoms with van der Waals surface area (Å²) in [7, 11) is 0. The number of carbonyl (C=O) groups excluding carboxylic acids is 3. The number of para-hydroxylation sites is 1. The fraction of sp³-hybridized carbons (Fsp3) is 0.261. The molecule has 148 valence electrons. The Hall–Kier alpha value is -2.86. The van der Waals surface area contributed by atoms with Crippen LogP contribution in [-0.4, -0.2) is 34.4 Å². The molecule has 6 heteroatoms. The third-order valence-corrected chi connectivity index (χ3v) is 6.76. The van der Waals surface area contributed by atoms with E-state index in [2.05, 4.69) is 0 Å². The molecule has 2 aliphatic rings. The first-order valence-corrected chi connectivity index (χ1v) is 10.5. The number of hydrogen-bond donors (Lipinski definition) is 0. The summed E-state index contributed by atoms with van der Waals surface area (Å²) in [6.07, 6.45) is 1.98. The molecule has 0 spiro atoms. The lowest BCUT2D eigenvalue weighted by Crippen LogP contribution is -2.35. The van der Waals surface area contributed by atoms with Crippen molar-refractivity contribution in [3.63, 3.8) is 0 Å². The van der Waals surface area contributed by atoms with E-state index in [4.69, 9.17) is 0 Å². The van der Waals surface area contributed by atoms with Crippen LogP contribution in [0.4, 0.5) is 5.69 Å². The van der Waals surface area contributed by atoms with Crippen molar-refractivity contribution in [3.8, 4) is 0 Å². The van der Waals surface area contributed by atoms with E-state index >= 15 is 0 Å². The fourth-order valence-electron chi connectivity index (χ4n) is 4.06. The van der Waals surface area contributed by atoms with Gasteiger partial charge in [-0.25, -0.2) is 4.90 Å². The van der Waals surface area contributed by atoms with Crippen molar-refractivity contribution < 1.29 is 14.4 Å². The van der Waals surface area contributed by atoms with Gasteiger partial charge in [-0.15, -0.1) is 0 Å². The Morgan fingerprint density at radius 1 is 1.00 bits per heavy atom. The Labute approximate surface area is 174 Å². The van der Waals surface area contributed by atoms with Gasteiger partial charge < -0.3 is 4.90 Å². The highest BCUT2D eigenvalue weighted by molar-refractivity contribution is 8.04. The van der Waals surface area contributed by atoms with Gasteiger partial charge in [0.25, 0.3) is 0 Å². The third kappa shape index (κ3) is 3.38. The molecule has 3 atom stereocenters. The zero-order chi connectivity index (χ0) is 20.5. The van der Waals surface area contributed by atoms with E-state index in [-0.39, 0.29) is 23.6 Å². The fourth-order valence-corrected chi connectivity index (χ4v) is 5.57. The number of imide groups is 1. The molecule has 0 aliphatic carbocycles. The van der Waals surface area contributed by atoms with Crippen molar-refractivity contribution >= 4 is 35.2 Å². The van der Waals surface area contributed by atoms with E-state index in [1.165, 1.54) is 23.6 Å². The van der Waals surface area contributed by atoms with Gasteiger partial charge in [0.05, 0.1) is 16.6 Å². The summed E-state index contributed by atoms with van der Waals surface area (Å²) < 4.78 is 0. The Morgan fingerprint density at radius 2 is 1.62 bits per heavy atom. The van der Waals surface area contributed by atoms with Gasteiger partial charge in [-0.1, -0.05) is 60.3 Å². The molecule has 4 rings (SSSR count). The van der Waals surface area contributed by atoms with Crippen LogP contribution in [0.15, 0.2) is 71.8 Å². The van der Waals surface area contributed by atoms with Gasteiger partial charge in [-0.2, -0.15) is 0 Å². The predicted molar refractivity (Wildman–Crippen MR) is 114 cm³/mol. The van der Waals surface area contributed by atoms with E-state index in [1.54, 1.807) is 17.0 Å². The topological polar surface area (TPSA) is 57.7 Å². The first-order chi connectivity index (χ1) is 14.0. The Balaban J connectivity index is 1.80. The van der Waals surface area contributed by atoms with Gasteiger partial charge in [0.15, 0.2) is 0 Å². The molecule has 0 radical (unpaired) electrons. The quantitative estimate of drug-likeness (QED) is 0.725. The van der Waals surface area contributed by atoms with Crippen LogP contribution in [0.3, 0.4) is 0 Å². The summed E-state index contributed by atoms with van der Waals surface area (Å²) >= 11 is 1.33. The van der Waals surface area contributed by atoms with Gasteiger partial charge in [0.1, 0.15) is 5.25 Å². The molecule has 1 saturated heterocycles. The van der Waals surface area contributed by atoms with Crippen LogP contribution in [0.1, 0.15) is 25.3 Å². The van der Waals surface area contributed by atoms with E-state index in [1.807, 2.05) is 61.5 Å². The number of nitrogens with zero attached hydrogens (tertiary/aromatic N) is 2. The van der Waals surface area contributed by atoms with Gasteiger partial charge in [-0.05, 0) is 30.7 Å². The van der Waals surface area contributed by atoms with Crippen LogP contribution >= 0.6 is 11.8 Å². The smallest absolute Gasteiger partial charge is 0.248 e. The number of thioether (sulfide) groups is 1. The van der Waals surface area contributed by atoms with Crippen LogP contribution in [0.2, 0.25) is 0 Å². The SMILES string of the molecule is CCN(C(C)=O)C1=C[C@@H](c2ccccc2)[C@H]2C(=O)N(c3ccccc3)C(=O)[C@H]2S1. The summed E-state index contributed by atoms with van der Waals surface area (Å²) in [6.45, 7) is 3.94. The molecule has 1 fully saturated rings. The van der Waals surface area contributed by atoms with Gasteiger partial charge in [0, 0.05) is 19.4 Å². The number of benzene rings is 2. The predicted octanol–water partition coefficient (Wildman–Crippen LogP) is 3.79. The lowest BCUT2D eigenvalue weighted by atomic mass is 9.84. The van der Waals surface area contributed by atoms with Gasteiger partial charge in [0.2, 0.25) is 17.7 Å². The first kappa shape index (κ1) is 19.5. The number of fused-ring (bicyclic) bond motifs is 1. The van der Waals surface area contributed by atoms with Crippen molar-refractivity contribution in [1.82, 2.24) is 4.90 Å². The average Bonchev–Trinajstić information content (AvgIpc) is 2.99. The van der Waals surface area contributed by atoms with Crippen molar-refractivity contribution in [2.24, 2.45) is 5.92 Å². The molecule has 0 saturated carbocycles. The summed E-state index contributed by atoms with van der Waals surface area (Å²) in [5, 5.41) is 0.187. The molecule has 2 aliphatic heterocycles. The molecule has 3 amide bonds. The van der Waals surface area contributed by atoms with Crippen LogP contribution in [0.25, 0.3) is 0 Å². The maximum absolute atomic E-state index is 13.4. The summed E-state index contributed by atoms with van der Waals surface area (Å²) in [5.41, 5.74) is 1.56. The molecule has 2 aromatic carbocycles. The van der Waals surface area contributed by atoms with Crippen LogP contribution < -0.4 is 4.90 Å². The largest absolute Gasteiger partial charge is 0.308 e. The maximum Gasteiger partial charge on any atom is 0.248 e. The number of allylic oxidation sites excluding steroid dienone is 1. The van der Waals surface area contributed by atoms with Crippen LogP contribution in [0, 0.1) is 5.92 Å². The second-order valence-electron chi connectivity index (χ2n) is 7.12. The van der Waals surface area contributed by atoms with E-state index in [9.17, 15) is 14.4 Å². The molecule has 5 nitrogen and oxygen atoms in total. The molecular weight excluding hydrogens is 384 g/mol. The van der Waals surface area contributed by atoms with Crippen molar-refractivity contribution in [2.45, 2.75) is 25.0 Å². The number of amides is 3. The molecule has 0 bridgehead atoms. The van der Waals surface area contributed by atoms with E-state index < -0.39 is 11.2 Å². The van der Waals surface area contributed by atoms with Crippen LogP contribution in [-0.2, 0) is 14.4 Å². The van der Waals surface area contributed by atoms with Gasteiger partial charge in [-0.3, -0.25) is 14.4 Å². The highest BCUT2D eigenvalue weighted by Crippen LogP contribution is 2.49. The minimum atomic E-state index is -0.554. The molecule has 0 unspecified atom stereocenters. The Morgan fingerprint density at radius 3 is 2.21 bits per heavy atom. The zero-order valence-electron chi connectivity index (χ0n) is 16.3. The molecule has 29 heavy (non-hydrogen) atoms. The summed E-state index contributed by atoms with van der Waals surface area (Å²) in [4.78, 5) is 41.8. The minimum absolute atomic E-state index is 0.0757. The normalized spacial score (nSPS) is 23.6. The number of carbonyl (C=O) groups is 3. The molecule has 0 aromatic heterocycles. The van der Waals surface area contributed by atoms with E-state index in [0.717, 1.165) is 10.6 Å². The Bertz CT molecular complexity index is 974. The second-order valence-corrected chi connectivity index (χ2v) is 8.28. The van der Waals surface area contributed by atoms with Crippen molar-refractivity contribution in [1.29, 1.82) is 0 Å². The standard InChI is InChI=1S/C23H22N2O3S/c1-3-24(15(2)26)19-14-18(16-10-6-4-7-11-16)20-21(29-19)23(28)25(22(20)27)17-12-8-5-9-13-17/h4-14,18,20-21H,3H2,1-2H3/t18-,20+,21-/m0/s1. The van der Waals surface area contributed by atoms with Gasteiger partial charge >= 0.3 is 0 Å². The molecule has 2 aromatic rings. The monoisotopic (exact) mass is 406 g/mol. The van der Waals surface area contributed by atoms with Crippen molar-refractivity contribution in [3.05, 3.63) is 77.3 Å². The Kier molecular flexibility index (Phi) is 5.28. The molecular formula is C23H22N2O3S. The van der Waals surface area contributed by atoms with E-state index in [0.29, 0.717) is 12.2 Å². The summed E-state index contributed by atoms with van der Waals surface area (Å²) in [6, 6.07) is 18.8. The van der Waals surface area contributed by atoms with Crippen molar-refractivity contribution in [2.75, 3.05) is 11.4 Å². The summed E-state index contributed by atoms with van der Waals surface area (Å²) in [5.74, 6) is -1.25. The lowest BCUT2D eigenvalue weighted by molar-refractivity contribution is -0.126. The number of rotatable bonds is 4. The maximum atomic E-state index is 13.4. The highest BCUT2D eigenvalue weighted by atomic mass is 32.2. The molecule has 0 N–H and O–H groups in total. The van der Waals surface area contributed by atoms with Crippen LogP contribution in [0.5, 0.6) is 0 Å². The second kappa shape index (κ2) is 7.87. The lowest BCUT2D eigenvalue weighted by Gasteiger charge is -2.33. The number of anilines is 1. The average molecular weight is 407 g/mol.